The number of hydrogen-bond donors (Lipinski definition) is 0. The van der Waals surface area contributed by atoms with Gasteiger partial charge in [-0.15, -0.1) is 0 Å². The minimum atomic E-state index is 0.374. The van der Waals surface area contributed by atoms with Crippen LogP contribution in [0.15, 0.2) is 55.1 Å². The van der Waals surface area contributed by atoms with Gasteiger partial charge >= 0.3 is 0 Å². The van der Waals surface area contributed by atoms with Gasteiger partial charge in [0.2, 0.25) is 0 Å². The SMILES string of the molecule is N#Cc1cc(-n2ccc(-c3ccncc3)n2)ccn1. The van der Waals surface area contributed by atoms with Gasteiger partial charge in [-0.25, -0.2) is 9.67 Å². The molecule has 0 amide bonds. The van der Waals surface area contributed by atoms with E-state index >= 15 is 0 Å². The molecule has 0 saturated heterocycles. The fourth-order valence-corrected chi connectivity index (χ4v) is 1.77. The monoisotopic (exact) mass is 247 g/mol. The normalized spacial score (nSPS) is 10.1. The number of nitriles is 1. The van der Waals surface area contributed by atoms with Crippen molar-refractivity contribution < 1.29 is 0 Å². The molecule has 0 spiro atoms. The van der Waals surface area contributed by atoms with Gasteiger partial charge in [-0.05, 0) is 24.3 Å². The Morgan fingerprint density at radius 3 is 2.68 bits per heavy atom. The maximum absolute atomic E-state index is 8.84. The van der Waals surface area contributed by atoms with Crippen molar-refractivity contribution in [2.45, 2.75) is 0 Å². The van der Waals surface area contributed by atoms with Gasteiger partial charge in [0, 0.05) is 36.4 Å². The van der Waals surface area contributed by atoms with Gasteiger partial charge in [-0.3, -0.25) is 4.98 Å². The lowest BCUT2D eigenvalue weighted by molar-refractivity contribution is 0.880. The average molecular weight is 247 g/mol. The maximum Gasteiger partial charge on any atom is 0.142 e. The number of nitrogens with zero attached hydrogens (tertiary/aromatic N) is 5. The van der Waals surface area contributed by atoms with Gasteiger partial charge in [-0.2, -0.15) is 10.4 Å². The van der Waals surface area contributed by atoms with E-state index in [1.807, 2.05) is 36.5 Å². The molecule has 0 aliphatic carbocycles. The lowest BCUT2D eigenvalue weighted by atomic mass is 10.2. The van der Waals surface area contributed by atoms with Crippen molar-refractivity contribution in [3.8, 4) is 23.0 Å². The van der Waals surface area contributed by atoms with E-state index in [1.165, 1.54) is 0 Å². The molecule has 3 aromatic rings. The lowest BCUT2D eigenvalue weighted by Gasteiger charge is -2.00. The van der Waals surface area contributed by atoms with Crippen LogP contribution in [0.4, 0.5) is 0 Å². The average Bonchev–Trinajstić information content (AvgIpc) is 2.98. The Kier molecular flexibility index (Phi) is 2.75. The van der Waals surface area contributed by atoms with Gasteiger partial charge in [0.05, 0.1) is 11.4 Å². The first kappa shape index (κ1) is 11.1. The molecular weight excluding hydrogens is 238 g/mol. The fourth-order valence-electron chi connectivity index (χ4n) is 1.77. The molecule has 0 radical (unpaired) electrons. The lowest BCUT2D eigenvalue weighted by Crippen LogP contribution is -1.96. The van der Waals surface area contributed by atoms with E-state index < -0.39 is 0 Å². The number of hydrogen-bond acceptors (Lipinski definition) is 4. The molecule has 90 valence electrons. The Labute approximate surface area is 109 Å². The van der Waals surface area contributed by atoms with Gasteiger partial charge in [0.25, 0.3) is 0 Å². The van der Waals surface area contributed by atoms with Gasteiger partial charge < -0.3 is 0 Å². The molecule has 3 rings (SSSR count). The summed E-state index contributed by atoms with van der Waals surface area (Å²) in [5.41, 5.74) is 3.05. The highest BCUT2D eigenvalue weighted by molar-refractivity contribution is 5.58. The van der Waals surface area contributed by atoms with Crippen molar-refractivity contribution in [3.05, 3.63) is 60.8 Å². The Bertz CT molecular complexity index is 740. The number of pyridine rings is 2. The Hall–Kier alpha value is -3.00. The summed E-state index contributed by atoms with van der Waals surface area (Å²) in [4.78, 5) is 7.92. The predicted octanol–water partition coefficient (Wildman–Crippen LogP) is 2.20. The van der Waals surface area contributed by atoms with Crippen LogP contribution in [0.3, 0.4) is 0 Å². The van der Waals surface area contributed by atoms with E-state index in [2.05, 4.69) is 15.1 Å². The molecule has 0 saturated carbocycles. The van der Waals surface area contributed by atoms with Gasteiger partial charge in [0.15, 0.2) is 0 Å². The molecule has 0 aliphatic rings. The molecule has 3 aromatic heterocycles. The first-order valence-electron chi connectivity index (χ1n) is 5.69. The van der Waals surface area contributed by atoms with Crippen LogP contribution in [0.2, 0.25) is 0 Å². The minimum absolute atomic E-state index is 0.374. The third-order valence-electron chi connectivity index (χ3n) is 2.69. The molecule has 0 aromatic carbocycles. The van der Waals surface area contributed by atoms with Crippen molar-refractivity contribution >= 4 is 0 Å². The van der Waals surface area contributed by atoms with E-state index in [1.54, 1.807) is 29.3 Å². The topological polar surface area (TPSA) is 67.4 Å². The predicted molar refractivity (Wildman–Crippen MR) is 69.3 cm³/mol. The molecule has 5 nitrogen and oxygen atoms in total. The second-order valence-electron chi connectivity index (χ2n) is 3.89. The van der Waals surface area contributed by atoms with Gasteiger partial charge in [-0.1, -0.05) is 0 Å². The molecule has 0 fully saturated rings. The van der Waals surface area contributed by atoms with E-state index in [4.69, 9.17) is 5.26 Å². The summed E-state index contributed by atoms with van der Waals surface area (Å²) in [6.45, 7) is 0. The smallest absolute Gasteiger partial charge is 0.142 e. The molecule has 19 heavy (non-hydrogen) atoms. The highest BCUT2D eigenvalue weighted by Gasteiger charge is 2.04. The van der Waals surface area contributed by atoms with Crippen molar-refractivity contribution in [2.75, 3.05) is 0 Å². The molecule has 0 bridgehead atoms. The summed E-state index contributed by atoms with van der Waals surface area (Å²) in [6.07, 6.45) is 6.91. The molecule has 0 atom stereocenters. The highest BCUT2D eigenvalue weighted by atomic mass is 15.3. The molecule has 0 N–H and O–H groups in total. The second-order valence-corrected chi connectivity index (χ2v) is 3.89. The Balaban J connectivity index is 2.00. The van der Waals surface area contributed by atoms with Crippen LogP contribution in [-0.4, -0.2) is 19.7 Å². The standard InChI is InChI=1S/C14H9N5/c15-10-12-9-13(3-7-17-12)19-8-4-14(18-19)11-1-5-16-6-2-11/h1-9H. The van der Waals surface area contributed by atoms with E-state index in [9.17, 15) is 0 Å². The third kappa shape index (κ3) is 2.19. The van der Waals surface area contributed by atoms with E-state index in [-0.39, 0.29) is 0 Å². The first-order chi connectivity index (χ1) is 9.36. The van der Waals surface area contributed by atoms with Crippen molar-refractivity contribution in [3.63, 3.8) is 0 Å². The zero-order chi connectivity index (χ0) is 13.1. The zero-order valence-corrected chi connectivity index (χ0v) is 9.93. The largest absolute Gasteiger partial charge is 0.265 e. The number of aromatic nitrogens is 4. The van der Waals surface area contributed by atoms with Crippen molar-refractivity contribution in [1.82, 2.24) is 19.7 Å². The van der Waals surface area contributed by atoms with Crippen LogP contribution < -0.4 is 0 Å². The van der Waals surface area contributed by atoms with Crippen LogP contribution in [-0.2, 0) is 0 Å². The summed E-state index contributed by atoms with van der Waals surface area (Å²) in [5, 5.41) is 13.3. The van der Waals surface area contributed by atoms with Crippen LogP contribution in [0.1, 0.15) is 5.69 Å². The fraction of sp³-hybridized carbons (Fsp3) is 0. The zero-order valence-electron chi connectivity index (χ0n) is 9.93. The number of rotatable bonds is 2. The summed E-state index contributed by atoms with van der Waals surface area (Å²) in [7, 11) is 0. The van der Waals surface area contributed by atoms with Crippen molar-refractivity contribution in [1.29, 1.82) is 5.26 Å². The second kappa shape index (κ2) is 4.70. The van der Waals surface area contributed by atoms with E-state index in [0.717, 1.165) is 16.9 Å². The van der Waals surface area contributed by atoms with Gasteiger partial charge in [0.1, 0.15) is 11.8 Å². The molecular formula is C14H9N5. The molecule has 0 aliphatic heterocycles. The van der Waals surface area contributed by atoms with Crippen molar-refractivity contribution in [2.24, 2.45) is 0 Å². The molecule has 5 heteroatoms. The van der Waals surface area contributed by atoms with Crippen LogP contribution >= 0.6 is 0 Å². The maximum atomic E-state index is 8.84. The minimum Gasteiger partial charge on any atom is -0.265 e. The highest BCUT2D eigenvalue weighted by Crippen LogP contribution is 2.17. The van der Waals surface area contributed by atoms with Crippen LogP contribution in [0.5, 0.6) is 0 Å². The Morgan fingerprint density at radius 2 is 1.89 bits per heavy atom. The first-order valence-corrected chi connectivity index (χ1v) is 5.69. The van der Waals surface area contributed by atoms with Crippen LogP contribution in [0.25, 0.3) is 16.9 Å². The van der Waals surface area contributed by atoms with E-state index in [0.29, 0.717) is 5.69 Å². The van der Waals surface area contributed by atoms with Crippen LogP contribution in [0, 0.1) is 11.3 Å². The summed E-state index contributed by atoms with van der Waals surface area (Å²) in [5.74, 6) is 0. The summed E-state index contributed by atoms with van der Waals surface area (Å²) in [6, 6.07) is 11.2. The molecule has 0 unspecified atom stereocenters. The summed E-state index contributed by atoms with van der Waals surface area (Å²) >= 11 is 0. The summed E-state index contributed by atoms with van der Waals surface area (Å²) < 4.78 is 1.72. The third-order valence-corrected chi connectivity index (χ3v) is 2.69. The quantitative estimate of drug-likeness (QED) is 0.696. The Morgan fingerprint density at radius 1 is 1.05 bits per heavy atom. The molecule has 3 heterocycles.